The molecule has 1 unspecified atom stereocenters. The van der Waals surface area contributed by atoms with Crippen molar-refractivity contribution in [1.82, 2.24) is 15.2 Å². The van der Waals surface area contributed by atoms with Crippen LogP contribution >= 0.6 is 47.1 Å². The number of aliphatic imine (C=N–C) groups is 1. The van der Waals surface area contributed by atoms with Crippen LogP contribution in [0.15, 0.2) is 10.4 Å². The van der Waals surface area contributed by atoms with E-state index in [9.17, 15) is 0 Å². The minimum absolute atomic E-state index is 0. The zero-order valence-electron chi connectivity index (χ0n) is 12.8. The summed E-state index contributed by atoms with van der Waals surface area (Å²) in [4.78, 5) is 11.3. The molecule has 0 aliphatic rings. The van der Waals surface area contributed by atoms with Gasteiger partial charge in [-0.25, -0.2) is 4.98 Å². The van der Waals surface area contributed by atoms with Crippen LogP contribution in [0, 0.1) is 6.92 Å². The van der Waals surface area contributed by atoms with E-state index in [1.54, 1.807) is 11.3 Å². The van der Waals surface area contributed by atoms with Crippen LogP contribution in [0.5, 0.6) is 0 Å². The maximum atomic E-state index is 4.67. The molecular weight excluding hydrogens is 403 g/mol. The smallest absolute Gasteiger partial charge is 0.194 e. The van der Waals surface area contributed by atoms with Crippen LogP contribution < -0.4 is 5.32 Å². The minimum Gasteiger partial charge on any atom is -0.357 e. The number of nitrogens with zero attached hydrogens (tertiary/aromatic N) is 3. The lowest BCUT2D eigenvalue weighted by Gasteiger charge is -2.21. The van der Waals surface area contributed by atoms with Crippen LogP contribution in [0.3, 0.4) is 0 Å². The molecule has 1 atom stereocenters. The molecule has 0 aliphatic carbocycles. The first-order chi connectivity index (χ1) is 9.06. The summed E-state index contributed by atoms with van der Waals surface area (Å²) >= 11 is 3.53. The lowest BCUT2D eigenvalue weighted by molar-refractivity contribution is 0.471. The fourth-order valence-corrected chi connectivity index (χ4v) is 2.39. The summed E-state index contributed by atoms with van der Waals surface area (Å²) in [5, 5.41) is 7.10. The molecule has 20 heavy (non-hydrogen) atoms. The van der Waals surface area contributed by atoms with Gasteiger partial charge in [-0.3, -0.25) is 4.99 Å². The van der Waals surface area contributed by atoms with E-state index in [1.807, 2.05) is 18.7 Å². The SMILES string of the molecule is CCNC(=NCC(C)SC)N(C)Cc1csc(C)n1.I. The van der Waals surface area contributed by atoms with Crippen LogP contribution in [0.1, 0.15) is 24.5 Å². The first-order valence-electron chi connectivity index (χ1n) is 6.50. The van der Waals surface area contributed by atoms with Gasteiger partial charge in [-0.05, 0) is 20.1 Å². The van der Waals surface area contributed by atoms with Crippen LogP contribution in [-0.4, -0.2) is 47.5 Å². The van der Waals surface area contributed by atoms with Gasteiger partial charge in [0.15, 0.2) is 5.96 Å². The number of thiazole rings is 1. The highest BCUT2D eigenvalue weighted by Gasteiger charge is 2.09. The number of guanidine groups is 1. The molecule has 1 rings (SSSR count). The van der Waals surface area contributed by atoms with Gasteiger partial charge in [0, 0.05) is 24.2 Å². The van der Waals surface area contributed by atoms with Gasteiger partial charge in [-0.15, -0.1) is 35.3 Å². The lowest BCUT2D eigenvalue weighted by atomic mass is 10.4. The van der Waals surface area contributed by atoms with E-state index in [1.165, 1.54) is 0 Å². The second kappa shape index (κ2) is 10.7. The van der Waals surface area contributed by atoms with Gasteiger partial charge in [0.1, 0.15) is 0 Å². The highest BCUT2D eigenvalue weighted by atomic mass is 127. The van der Waals surface area contributed by atoms with Gasteiger partial charge in [0.05, 0.1) is 23.8 Å². The lowest BCUT2D eigenvalue weighted by Crippen LogP contribution is -2.39. The third kappa shape index (κ3) is 7.12. The monoisotopic (exact) mass is 428 g/mol. The largest absolute Gasteiger partial charge is 0.357 e. The molecule has 4 nitrogen and oxygen atoms in total. The molecule has 0 bridgehead atoms. The van der Waals surface area contributed by atoms with Crippen LogP contribution in [0.4, 0.5) is 0 Å². The molecule has 1 aromatic rings. The quantitative estimate of drug-likeness (QED) is 0.429. The Morgan fingerprint density at radius 1 is 1.60 bits per heavy atom. The number of thioether (sulfide) groups is 1. The Morgan fingerprint density at radius 2 is 2.30 bits per heavy atom. The first kappa shape index (κ1) is 20.0. The van der Waals surface area contributed by atoms with Crippen LogP contribution in [-0.2, 0) is 6.54 Å². The Hall–Kier alpha value is -0.0200. The third-order valence-corrected chi connectivity index (χ3v) is 4.44. The number of rotatable bonds is 6. The van der Waals surface area contributed by atoms with Crippen LogP contribution in [0.25, 0.3) is 0 Å². The molecule has 0 fully saturated rings. The number of aromatic nitrogens is 1. The van der Waals surface area contributed by atoms with Gasteiger partial charge < -0.3 is 10.2 Å². The number of halogens is 1. The summed E-state index contributed by atoms with van der Waals surface area (Å²) in [7, 11) is 2.06. The number of hydrogen-bond donors (Lipinski definition) is 1. The predicted octanol–water partition coefficient (Wildman–Crippen LogP) is 3.22. The van der Waals surface area contributed by atoms with Crippen molar-refractivity contribution in [2.24, 2.45) is 4.99 Å². The summed E-state index contributed by atoms with van der Waals surface area (Å²) in [6.07, 6.45) is 2.12. The van der Waals surface area contributed by atoms with Crippen molar-refractivity contribution in [2.45, 2.75) is 32.6 Å². The van der Waals surface area contributed by atoms with Crippen LogP contribution in [0.2, 0.25) is 0 Å². The Kier molecular flexibility index (Phi) is 10.7. The molecule has 0 radical (unpaired) electrons. The molecule has 1 heterocycles. The molecule has 1 N–H and O–H groups in total. The van der Waals surface area contributed by atoms with Crippen molar-refractivity contribution in [2.75, 3.05) is 26.4 Å². The minimum atomic E-state index is 0. The fourth-order valence-electron chi connectivity index (χ4n) is 1.56. The molecule has 0 saturated carbocycles. The highest BCUT2D eigenvalue weighted by Crippen LogP contribution is 2.10. The predicted molar refractivity (Wildman–Crippen MR) is 103 cm³/mol. The summed E-state index contributed by atoms with van der Waals surface area (Å²) in [6, 6.07) is 0. The zero-order chi connectivity index (χ0) is 14.3. The van der Waals surface area contributed by atoms with E-state index >= 15 is 0 Å². The van der Waals surface area contributed by atoms with E-state index in [2.05, 4.69) is 52.7 Å². The number of aryl methyl sites for hydroxylation is 1. The van der Waals surface area contributed by atoms with E-state index in [0.29, 0.717) is 5.25 Å². The summed E-state index contributed by atoms with van der Waals surface area (Å²) in [5.41, 5.74) is 1.11. The molecule has 0 amide bonds. The maximum absolute atomic E-state index is 4.67. The highest BCUT2D eigenvalue weighted by molar-refractivity contribution is 14.0. The molecule has 0 aliphatic heterocycles. The second-order valence-electron chi connectivity index (χ2n) is 4.45. The molecule has 0 spiro atoms. The average molecular weight is 428 g/mol. The third-order valence-electron chi connectivity index (χ3n) is 2.66. The molecule has 0 aromatic carbocycles. The second-order valence-corrected chi connectivity index (χ2v) is 6.79. The topological polar surface area (TPSA) is 40.5 Å². The van der Waals surface area contributed by atoms with Gasteiger partial charge in [0.25, 0.3) is 0 Å². The first-order valence-corrected chi connectivity index (χ1v) is 8.66. The van der Waals surface area contributed by atoms with Crippen molar-refractivity contribution in [3.63, 3.8) is 0 Å². The summed E-state index contributed by atoms with van der Waals surface area (Å²) < 4.78 is 0. The summed E-state index contributed by atoms with van der Waals surface area (Å²) in [5.74, 6) is 0.953. The van der Waals surface area contributed by atoms with Gasteiger partial charge in [0.2, 0.25) is 0 Å². The van der Waals surface area contributed by atoms with Gasteiger partial charge in [-0.1, -0.05) is 6.92 Å². The Balaban J connectivity index is 0.00000361. The van der Waals surface area contributed by atoms with E-state index < -0.39 is 0 Å². The van der Waals surface area contributed by atoms with Crippen molar-refractivity contribution < 1.29 is 0 Å². The van der Waals surface area contributed by atoms with Crippen molar-refractivity contribution >= 4 is 53.0 Å². The fraction of sp³-hybridized carbons (Fsp3) is 0.692. The van der Waals surface area contributed by atoms with E-state index in [-0.39, 0.29) is 24.0 Å². The Labute approximate surface area is 147 Å². The van der Waals surface area contributed by atoms with Gasteiger partial charge in [-0.2, -0.15) is 11.8 Å². The van der Waals surface area contributed by atoms with E-state index in [0.717, 1.165) is 36.3 Å². The van der Waals surface area contributed by atoms with Crippen molar-refractivity contribution in [1.29, 1.82) is 0 Å². The molecular formula is C13H25IN4S2. The standard InChI is InChI=1S/C13H24N4S2.HI/c1-6-14-13(15-7-10(2)18-5)17(4)8-12-9-19-11(3)16-12;/h9-10H,6-8H2,1-5H3,(H,14,15);1H. The van der Waals surface area contributed by atoms with Crippen molar-refractivity contribution in [3.8, 4) is 0 Å². The molecule has 1 aromatic heterocycles. The molecule has 0 saturated heterocycles. The normalized spacial score (nSPS) is 12.8. The van der Waals surface area contributed by atoms with Crippen molar-refractivity contribution in [3.05, 3.63) is 16.1 Å². The van der Waals surface area contributed by atoms with E-state index in [4.69, 9.17) is 0 Å². The Bertz CT molecular complexity index is 409. The van der Waals surface area contributed by atoms with Gasteiger partial charge >= 0.3 is 0 Å². The Morgan fingerprint density at radius 3 is 2.80 bits per heavy atom. The molecule has 116 valence electrons. The number of nitrogens with one attached hydrogen (secondary N) is 1. The molecule has 7 heteroatoms. The average Bonchev–Trinajstić information content (AvgIpc) is 2.79. The maximum Gasteiger partial charge on any atom is 0.194 e. The number of hydrogen-bond acceptors (Lipinski definition) is 4. The zero-order valence-corrected chi connectivity index (χ0v) is 16.8. The summed E-state index contributed by atoms with van der Waals surface area (Å²) in [6.45, 7) is 8.84.